The van der Waals surface area contributed by atoms with Gasteiger partial charge in [-0.1, -0.05) is 0 Å². The van der Waals surface area contributed by atoms with Gasteiger partial charge in [0.05, 0.1) is 9.86 Å². The Bertz CT molecular complexity index is 1170. The number of hydrogen-bond acceptors (Lipinski definition) is 5. The third-order valence-corrected chi connectivity index (χ3v) is 5.53. The van der Waals surface area contributed by atoms with Crippen LogP contribution in [-0.2, 0) is 0 Å². The van der Waals surface area contributed by atoms with E-state index in [1.165, 1.54) is 6.07 Å². The molecule has 7 heteroatoms. The number of fused-ring (bicyclic) bond motifs is 4. The van der Waals surface area contributed by atoms with E-state index in [-0.39, 0.29) is 15.7 Å². The van der Waals surface area contributed by atoms with Crippen molar-refractivity contribution >= 4 is 59.4 Å². The highest BCUT2D eigenvalue weighted by molar-refractivity contribution is 9.11. The van der Waals surface area contributed by atoms with Crippen molar-refractivity contribution < 1.29 is 9.52 Å². The number of aromatic nitrogens is 1. The molecule has 25 heavy (non-hydrogen) atoms. The molecule has 2 aromatic rings. The third-order valence-electron chi connectivity index (χ3n) is 4.00. The van der Waals surface area contributed by atoms with Gasteiger partial charge in [-0.15, -0.1) is 0 Å². The van der Waals surface area contributed by atoms with Crippen molar-refractivity contribution in [3.05, 3.63) is 49.5 Å². The largest absolute Gasteiger partial charge is 0.507 e. The molecule has 1 aliphatic heterocycles. The Hall–Kier alpha value is -2.12. The molecule has 126 valence electrons. The Kier molecular flexibility index (Phi) is 3.92. The van der Waals surface area contributed by atoms with E-state index in [0.717, 1.165) is 12.2 Å². The highest BCUT2D eigenvalue weighted by atomic mass is 79.9. The molecule has 0 saturated carbocycles. The summed E-state index contributed by atoms with van der Waals surface area (Å²) in [5.41, 5.74) is 2.49. The van der Waals surface area contributed by atoms with Crippen molar-refractivity contribution in [3.63, 3.8) is 0 Å². The van der Waals surface area contributed by atoms with Gasteiger partial charge in [-0.05, 0) is 63.0 Å². The van der Waals surface area contributed by atoms with E-state index in [9.17, 15) is 9.90 Å². The molecule has 2 aliphatic rings. The third kappa shape index (κ3) is 2.49. The van der Waals surface area contributed by atoms with Crippen molar-refractivity contribution in [3.8, 4) is 17.2 Å². The zero-order valence-corrected chi connectivity index (χ0v) is 16.2. The van der Waals surface area contributed by atoms with Crippen LogP contribution in [0.3, 0.4) is 0 Å². The normalized spacial score (nSPS) is 11.5. The lowest BCUT2D eigenvalue weighted by Crippen LogP contribution is -2.08. The average Bonchev–Trinajstić information content (AvgIpc) is 2.61. The van der Waals surface area contributed by atoms with Crippen LogP contribution in [0.25, 0.3) is 33.3 Å². The molecule has 0 unspecified atom stereocenters. The average molecular weight is 464 g/mol. The summed E-state index contributed by atoms with van der Waals surface area (Å²) in [4.78, 5) is 17.4. The van der Waals surface area contributed by atoms with Gasteiger partial charge >= 0.3 is 0 Å². The van der Waals surface area contributed by atoms with Gasteiger partial charge in [0.25, 0.3) is 0 Å². The molecule has 0 radical (unpaired) electrons. The minimum Gasteiger partial charge on any atom is -0.507 e. The number of phenols is 1. The van der Waals surface area contributed by atoms with Crippen molar-refractivity contribution in [2.45, 2.75) is 6.92 Å². The first-order chi connectivity index (χ1) is 12.0. The van der Waals surface area contributed by atoms with E-state index in [4.69, 9.17) is 4.42 Å². The molecule has 0 bridgehead atoms. The Morgan fingerprint density at radius 2 is 2.00 bits per heavy atom. The maximum atomic E-state index is 12.7. The fourth-order valence-electron chi connectivity index (χ4n) is 2.86. The first kappa shape index (κ1) is 16.4. The monoisotopic (exact) mass is 462 g/mol. The second kappa shape index (κ2) is 6.00. The zero-order chi connectivity index (χ0) is 17.7. The van der Waals surface area contributed by atoms with E-state index >= 15 is 0 Å². The molecular formula is C18H12Br2N2O3. The summed E-state index contributed by atoms with van der Waals surface area (Å²) in [6.45, 7) is 2.81. The van der Waals surface area contributed by atoms with Crippen LogP contribution < -0.4 is 10.7 Å². The highest BCUT2D eigenvalue weighted by Gasteiger charge is 2.23. The van der Waals surface area contributed by atoms with Crippen LogP contribution in [0, 0.1) is 0 Å². The summed E-state index contributed by atoms with van der Waals surface area (Å²) in [6.07, 6.45) is 0. The number of phenolic OH excluding ortho intramolecular Hbond substituents is 1. The molecule has 0 aromatic heterocycles. The molecule has 2 N–H and O–H groups in total. The molecule has 1 heterocycles. The van der Waals surface area contributed by atoms with Gasteiger partial charge < -0.3 is 14.8 Å². The Morgan fingerprint density at radius 3 is 2.76 bits per heavy atom. The molecular weight excluding hydrogens is 452 g/mol. The lowest BCUT2D eigenvalue weighted by atomic mass is 10.0. The van der Waals surface area contributed by atoms with Crippen molar-refractivity contribution in [2.24, 2.45) is 0 Å². The number of nitrogens with zero attached hydrogens (tertiary/aromatic N) is 1. The number of hydrogen-bond donors (Lipinski definition) is 2. The first-order valence-corrected chi connectivity index (χ1v) is 9.21. The Labute approximate surface area is 159 Å². The Balaban J connectivity index is 2.16. The lowest BCUT2D eigenvalue weighted by Gasteiger charge is -2.13. The van der Waals surface area contributed by atoms with Crippen LogP contribution in [0.2, 0.25) is 0 Å². The van der Waals surface area contributed by atoms with Gasteiger partial charge in [-0.25, -0.2) is 4.98 Å². The van der Waals surface area contributed by atoms with Crippen LogP contribution in [0.4, 0.5) is 5.69 Å². The van der Waals surface area contributed by atoms with Crippen LogP contribution >= 0.6 is 31.9 Å². The van der Waals surface area contributed by atoms with E-state index in [0.29, 0.717) is 37.8 Å². The summed E-state index contributed by atoms with van der Waals surface area (Å²) >= 11 is 6.62. The molecule has 4 rings (SSSR count). The van der Waals surface area contributed by atoms with Gasteiger partial charge in [-0.3, -0.25) is 4.79 Å². The van der Waals surface area contributed by atoms with Gasteiger partial charge in [-0.2, -0.15) is 0 Å². The van der Waals surface area contributed by atoms with Crippen LogP contribution in [0.15, 0.2) is 48.5 Å². The number of benzene rings is 3. The Morgan fingerprint density at radius 1 is 1.20 bits per heavy atom. The molecule has 0 saturated heterocycles. The van der Waals surface area contributed by atoms with Crippen molar-refractivity contribution in [2.75, 3.05) is 11.9 Å². The van der Waals surface area contributed by atoms with E-state index in [2.05, 4.69) is 42.2 Å². The van der Waals surface area contributed by atoms with Crippen molar-refractivity contribution in [1.29, 1.82) is 0 Å². The summed E-state index contributed by atoms with van der Waals surface area (Å²) in [7, 11) is 0. The molecule has 2 aromatic carbocycles. The second-order valence-electron chi connectivity index (χ2n) is 5.57. The van der Waals surface area contributed by atoms with Gasteiger partial charge in [0.15, 0.2) is 11.3 Å². The number of halogens is 2. The molecule has 0 atom stereocenters. The van der Waals surface area contributed by atoms with Crippen LogP contribution in [0.1, 0.15) is 6.92 Å². The molecule has 1 aliphatic carbocycles. The van der Waals surface area contributed by atoms with Gasteiger partial charge in [0.1, 0.15) is 21.4 Å². The predicted octanol–water partition coefficient (Wildman–Crippen LogP) is 5.11. The van der Waals surface area contributed by atoms with Crippen molar-refractivity contribution in [1.82, 2.24) is 4.98 Å². The standard InChI is InChI=1S/C18H12Br2N2O3/c1-2-21-8-3-5-10-12(7-8)25-18-15(20)17(24)13-9(16(18)22-10)4-6-11(23)14(13)19/h3-7,21,23H,2H2,1H3. The first-order valence-electron chi connectivity index (χ1n) is 7.62. The minimum absolute atomic E-state index is 0.00357. The summed E-state index contributed by atoms with van der Waals surface area (Å²) in [5.74, 6) is 0.389. The molecule has 0 spiro atoms. The number of anilines is 1. The summed E-state index contributed by atoms with van der Waals surface area (Å²) < 4.78 is 6.63. The minimum atomic E-state index is -0.266. The molecule has 0 fully saturated rings. The quantitative estimate of drug-likeness (QED) is 0.319. The lowest BCUT2D eigenvalue weighted by molar-refractivity contribution is 0.473. The van der Waals surface area contributed by atoms with E-state index < -0.39 is 0 Å². The molecule has 0 amide bonds. The number of rotatable bonds is 2. The predicted molar refractivity (Wildman–Crippen MR) is 106 cm³/mol. The van der Waals surface area contributed by atoms with E-state index in [1.807, 2.05) is 25.1 Å². The van der Waals surface area contributed by atoms with Crippen LogP contribution in [-0.4, -0.2) is 16.6 Å². The van der Waals surface area contributed by atoms with Gasteiger partial charge in [0.2, 0.25) is 5.43 Å². The molecule has 5 nitrogen and oxygen atoms in total. The zero-order valence-electron chi connectivity index (χ0n) is 13.1. The highest BCUT2D eigenvalue weighted by Crippen LogP contribution is 2.40. The maximum absolute atomic E-state index is 12.7. The summed E-state index contributed by atoms with van der Waals surface area (Å²) in [6, 6.07) is 8.86. The maximum Gasteiger partial charge on any atom is 0.205 e. The second-order valence-corrected chi connectivity index (χ2v) is 7.15. The number of aromatic hydroxyl groups is 1. The topological polar surface area (TPSA) is 75.4 Å². The fraction of sp³-hybridized carbons (Fsp3) is 0.111. The van der Waals surface area contributed by atoms with Gasteiger partial charge in [0, 0.05) is 23.7 Å². The van der Waals surface area contributed by atoms with Crippen LogP contribution in [0.5, 0.6) is 5.75 Å². The smallest absolute Gasteiger partial charge is 0.205 e. The van der Waals surface area contributed by atoms with E-state index in [1.54, 1.807) is 6.07 Å². The number of nitrogens with one attached hydrogen (secondary N) is 1. The fourth-order valence-corrected chi connectivity index (χ4v) is 3.85. The SMILES string of the molecule is CCNc1ccc2nc3c4ccc(O)c(Br)c4c(=O)c(Br)c-3oc2c1. The summed E-state index contributed by atoms with van der Waals surface area (Å²) in [5, 5.41) is 14.1.